The molecule has 0 bridgehead atoms. The smallest absolute Gasteiger partial charge is 0.224 e. The fourth-order valence-corrected chi connectivity index (χ4v) is 3.11. The molecule has 2 N–H and O–H groups in total. The minimum absolute atomic E-state index is 0.0349. The second-order valence-corrected chi connectivity index (χ2v) is 8.08. The maximum Gasteiger partial charge on any atom is 0.224 e. The monoisotopic (exact) mass is 422 g/mol. The third kappa shape index (κ3) is 7.12. The molecule has 0 unspecified atom stereocenters. The van der Waals surface area contributed by atoms with E-state index in [1.807, 2.05) is 80.6 Å². The Morgan fingerprint density at radius 2 is 1.67 bits per heavy atom. The first-order valence-corrected chi connectivity index (χ1v) is 10.5. The topological polar surface area (TPSA) is 50.4 Å². The van der Waals surface area contributed by atoms with Crippen molar-refractivity contribution in [2.75, 3.05) is 10.6 Å². The zero-order valence-corrected chi connectivity index (χ0v) is 18.1. The van der Waals surface area contributed by atoms with Gasteiger partial charge >= 0.3 is 0 Å². The Morgan fingerprint density at radius 3 is 2.43 bits per heavy atom. The first-order valence-electron chi connectivity index (χ1n) is 10.1. The Kier molecular flexibility index (Phi) is 7.75. The summed E-state index contributed by atoms with van der Waals surface area (Å²) in [5.41, 5.74) is 3.92. The van der Waals surface area contributed by atoms with Gasteiger partial charge in [-0.05, 0) is 59.5 Å². The summed E-state index contributed by atoms with van der Waals surface area (Å²) in [4.78, 5) is 12.0. The first-order chi connectivity index (χ1) is 14.5. The van der Waals surface area contributed by atoms with Crippen molar-refractivity contribution in [1.29, 1.82) is 0 Å². The van der Waals surface area contributed by atoms with E-state index in [9.17, 15) is 4.79 Å². The number of rotatable bonds is 9. The SMILES string of the molecule is CC(C)CC(=O)Nc1cccc(NCc2cccc(OCc3ccc(Cl)cc3)c2)c1. The van der Waals surface area contributed by atoms with Crippen molar-refractivity contribution in [1.82, 2.24) is 0 Å². The van der Waals surface area contributed by atoms with Crippen LogP contribution in [0.5, 0.6) is 5.75 Å². The molecule has 0 fully saturated rings. The number of amides is 1. The van der Waals surface area contributed by atoms with E-state index in [0.717, 1.165) is 33.3 Å². The largest absolute Gasteiger partial charge is 0.489 e. The van der Waals surface area contributed by atoms with Crippen LogP contribution in [0.25, 0.3) is 0 Å². The van der Waals surface area contributed by atoms with E-state index in [4.69, 9.17) is 16.3 Å². The van der Waals surface area contributed by atoms with Gasteiger partial charge in [0.05, 0.1) is 0 Å². The predicted octanol–water partition coefficient (Wildman–Crippen LogP) is 6.52. The van der Waals surface area contributed by atoms with Crippen molar-refractivity contribution in [2.24, 2.45) is 5.92 Å². The van der Waals surface area contributed by atoms with Gasteiger partial charge in [-0.2, -0.15) is 0 Å². The van der Waals surface area contributed by atoms with Crippen LogP contribution in [-0.4, -0.2) is 5.91 Å². The van der Waals surface area contributed by atoms with Gasteiger partial charge in [0.2, 0.25) is 5.91 Å². The van der Waals surface area contributed by atoms with Crippen molar-refractivity contribution < 1.29 is 9.53 Å². The average Bonchev–Trinajstić information content (AvgIpc) is 2.72. The number of carbonyl (C=O) groups is 1. The molecule has 5 heteroatoms. The Hall–Kier alpha value is -2.98. The highest BCUT2D eigenvalue weighted by Crippen LogP contribution is 2.20. The Bertz CT molecular complexity index is 971. The lowest BCUT2D eigenvalue weighted by molar-refractivity contribution is -0.116. The van der Waals surface area contributed by atoms with Gasteiger partial charge in [-0.25, -0.2) is 0 Å². The standard InChI is InChI=1S/C25H27ClN2O2/c1-18(2)13-25(29)28-23-7-4-6-22(15-23)27-16-20-5-3-8-24(14-20)30-17-19-9-11-21(26)12-10-19/h3-12,14-15,18,27H,13,16-17H2,1-2H3,(H,28,29). The van der Waals surface area contributed by atoms with Crippen molar-refractivity contribution in [3.05, 3.63) is 88.9 Å². The fourth-order valence-electron chi connectivity index (χ4n) is 2.99. The van der Waals surface area contributed by atoms with Crippen LogP contribution in [0.2, 0.25) is 5.02 Å². The molecule has 4 nitrogen and oxygen atoms in total. The van der Waals surface area contributed by atoms with Crippen LogP contribution in [0.3, 0.4) is 0 Å². The van der Waals surface area contributed by atoms with Gasteiger partial charge in [0.15, 0.2) is 0 Å². The van der Waals surface area contributed by atoms with E-state index in [1.165, 1.54) is 0 Å². The molecule has 3 aromatic carbocycles. The van der Waals surface area contributed by atoms with Crippen LogP contribution >= 0.6 is 11.6 Å². The third-order valence-electron chi connectivity index (χ3n) is 4.45. The van der Waals surface area contributed by atoms with Gasteiger partial charge in [-0.1, -0.05) is 55.8 Å². The van der Waals surface area contributed by atoms with Crippen LogP contribution in [0, 0.1) is 5.92 Å². The molecule has 0 aliphatic heterocycles. The summed E-state index contributed by atoms with van der Waals surface area (Å²) in [5, 5.41) is 7.07. The van der Waals surface area contributed by atoms with Gasteiger partial charge in [0.25, 0.3) is 0 Å². The third-order valence-corrected chi connectivity index (χ3v) is 4.71. The Labute approximate surface area is 183 Å². The van der Waals surface area contributed by atoms with Gasteiger partial charge in [-0.15, -0.1) is 0 Å². The summed E-state index contributed by atoms with van der Waals surface area (Å²) >= 11 is 5.92. The molecule has 0 radical (unpaired) electrons. The molecule has 0 atom stereocenters. The molecule has 30 heavy (non-hydrogen) atoms. The number of carbonyl (C=O) groups excluding carboxylic acids is 1. The molecule has 0 aromatic heterocycles. The normalized spacial score (nSPS) is 10.7. The second kappa shape index (κ2) is 10.7. The summed E-state index contributed by atoms with van der Waals surface area (Å²) in [5.74, 6) is 1.19. The predicted molar refractivity (Wildman–Crippen MR) is 124 cm³/mol. The van der Waals surface area contributed by atoms with Crippen LogP contribution < -0.4 is 15.4 Å². The zero-order chi connectivity index (χ0) is 21.3. The van der Waals surface area contributed by atoms with Crippen molar-refractivity contribution in [3.8, 4) is 5.75 Å². The quantitative estimate of drug-likeness (QED) is 0.413. The molecule has 1 amide bonds. The number of anilines is 2. The highest BCUT2D eigenvalue weighted by atomic mass is 35.5. The molecular formula is C25H27ClN2O2. The number of halogens is 1. The number of hydrogen-bond acceptors (Lipinski definition) is 3. The summed E-state index contributed by atoms with van der Waals surface area (Å²) in [6, 6.07) is 23.4. The maximum absolute atomic E-state index is 12.0. The average molecular weight is 423 g/mol. The summed E-state index contributed by atoms with van der Waals surface area (Å²) < 4.78 is 5.90. The van der Waals surface area contributed by atoms with Crippen LogP contribution in [0.15, 0.2) is 72.8 Å². The van der Waals surface area contributed by atoms with E-state index in [-0.39, 0.29) is 5.91 Å². The minimum Gasteiger partial charge on any atom is -0.489 e. The van der Waals surface area contributed by atoms with E-state index < -0.39 is 0 Å². The van der Waals surface area contributed by atoms with Crippen LogP contribution in [-0.2, 0) is 17.9 Å². The second-order valence-electron chi connectivity index (χ2n) is 7.64. The molecule has 3 rings (SSSR count). The fraction of sp³-hybridized carbons (Fsp3) is 0.240. The summed E-state index contributed by atoms with van der Waals surface area (Å²) in [7, 11) is 0. The van der Waals surface area contributed by atoms with Crippen molar-refractivity contribution in [2.45, 2.75) is 33.4 Å². The molecule has 0 saturated carbocycles. The molecular weight excluding hydrogens is 396 g/mol. The maximum atomic E-state index is 12.0. The lowest BCUT2D eigenvalue weighted by atomic mass is 10.1. The summed E-state index contributed by atoms with van der Waals surface area (Å²) in [6.07, 6.45) is 0.514. The number of nitrogens with one attached hydrogen (secondary N) is 2. The van der Waals surface area contributed by atoms with E-state index in [0.29, 0.717) is 25.5 Å². The summed E-state index contributed by atoms with van der Waals surface area (Å²) in [6.45, 7) is 5.21. The minimum atomic E-state index is 0.0349. The molecule has 3 aromatic rings. The van der Waals surface area contributed by atoms with Crippen molar-refractivity contribution >= 4 is 28.9 Å². The first kappa shape index (κ1) is 21.7. The van der Waals surface area contributed by atoms with Crippen molar-refractivity contribution in [3.63, 3.8) is 0 Å². The van der Waals surface area contributed by atoms with Gasteiger partial charge in [-0.3, -0.25) is 4.79 Å². The van der Waals surface area contributed by atoms with E-state index >= 15 is 0 Å². The number of hydrogen-bond donors (Lipinski definition) is 2. The van der Waals surface area contributed by atoms with E-state index in [1.54, 1.807) is 0 Å². The van der Waals surface area contributed by atoms with Gasteiger partial charge in [0, 0.05) is 29.4 Å². The molecule has 0 aliphatic carbocycles. The Morgan fingerprint density at radius 1 is 0.933 bits per heavy atom. The van der Waals surface area contributed by atoms with E-state index in [2.05, 4.69) is 16.7 Å². The number of ether oxygens (including phenoxy) is 1. The van der Waals surface area contributed by atoms with Gasteiger partial charge < -0.3 is 15.4 Å². The zero-order valence-electron chi connectivity index (χ0n) is 17.3. The Balaban J connectivity index is 1.54. The molecule has 0 saturated heterocycles. The van der Waals surface area contributed by atoms with Gasteiger partial charge in [0.1, 0.15) is 12.4 Å². The lowest BCUT2D eigenvalue weighted by Crippen LogP contribution is -2.13. The lowest BCUT2D eigenvalue weighted by Gasteiger charge is -2.12. The van der Waals surface area contributed by atoms with Crippen LogP contribution in [0.1, 0.15) is 31.4 Å². The molecule has 0 heterocycles. The van der Waals surface area contributed by atoms with Crippen LogP contribution in [0.4, 0.5) is 11.4 Å². The molecule has 0 spiro atoms. The highest BCUT2D eigenvalue weighted by Gasteiger charge is 2.06. The molecule has 156 valence electrons. The molecule has 0 aliphatic rings. The highest BCUT2D eigenvalue weighted by molar-refractivity contribution is 6.30. The number of benzene rings is 3.